The lowest BCUT2D eigenvalue weighted by Crippen LogP contribution is -2.47. The van der Waals surface area contributed by atoms with Crippen molar-refractivity contribution in [2.75, 3.05) is 47.4 Å². The van der Waals surface area contributed by atoms with Crippen molar-refractivity contribution in [1.29, 1.82) is 0 Å². The molecule has 1 aliphatic heterocycles. The molecular weight excluding hydrogens is 362 g/mol. The van der Waals surface area contributed by atoms with Crippen LogP contribution < -0.4 is 14.7 Å². The van der Waals surface area contributed by atoms with Crippen LogP contribution in [-0.2, 0) is 0 Å². The molecule has 4 rings (SSSR count). The number of aryl methyl sites for hydroxylation is 2. The molecule has 0 bridgehead atoms. The van der Waals surface area contributed by atoms with E-state index in [1.165, 1.54) is 5.56 Å². The van der Waals surface area contributed by atoms with Gasteiger partial charge >= 0.3 is 0 Å². The molecule has 7 heteroatoms. The average Bonchev–Trinajstić information content (AvgIpc) is 2.75. The molecule has 0 N–H and O–H groups in total. The predicted molar refractivity (Wildman–Crippen MR) is 117 cm³/mol. The summed E-state index contributed by atoms with van der Waals surface area (Å²) in [4.78, 5) is 25.1. The monoisotopic (exact) mass is 389 g/mol. The molecule has 0 aliphatic carbocycles. The molecule has 7 nitrogen and oxygen atoms in total. The van der Waals surface area contributed by atoms with E-state index in [9.17, 15) is 0 Å². The van der Waals surface area contributed by atoms with Crippen LogP contribution in [0.25, 0.3) is 0 Å². The van der Waals surface area contributed by atoms with E-state index in [-0.39, 0.29) is 0 Å². The number of nitrogens with zero attached hydrogens (tertiary/aromatic N) is 7. The Hall–Kier alpha value is -3.22. The van der Waals surface area contributed by atoms with E-state index in [1.807, 2.05) is 13.0 Å². The third-order valence-electron chi connectivity index (χ3n) is 5.13. The van der Waals surface area contributed by atoms with Gasteiger partial charge in [-0.05, 0) is 44.5 Å². The van der Waals surface area contributed by atoms with Gasteiger partial charge in [0.1, 0.15) is 5.82 Å². The summed E-state index contributed by atoms with van der Waals surface area (Å²) in [5.74, 6) is 2.52. The summed E-state index contributed by atoms with van der Waals surface area (Å²) in [7, 11) is 0. The van der Waals surface area contributed by atoms with Crippen molar-refractivity contribution in [2.45, 2.75) is 20.8 Å². The Morgan fingerprint density at radius 2 is 1.55 bits per heavy atom. The number of rotatable bonds is 5. The van der Waals surface area contributed by atoms with E-state index >= 15 is 0 Å². The van der Waals surface area contributed by atoms with Crippen molar-refractivity contribution in [3.63, 3.8) is 0 Å². The first-order valence-electron chi connectivity index (χ1n) is 10.1. The lowest BCUT2D eigenvalue weighted by Gasteiger charge is -2.35. The molecule has 1 fully saturated rings. The molecule has 3 aromatic rings. The first-order chi connectivity index (χ1) is 14.1. The zero-order valence-corrected chi connectivity index (χ0v) is 17.3. The van der Waals surface area contributed by atoms with Crippen molar-refractivity contribution in [3.8, 4) is 0 Å². The van der Waals surface area contributed by atoms with Crippen LogP contribution in [0.15, 0.2) is 48.8 Å². The fourth-order valence-electron chi connectivity index (χ4n) is 3.65. The highest BCUT2D eigenvalue weighted by molar-refractivity contribution is 5.62. The van der Waals surface area contributed by atoms with Crippen molar-refractivity contribution < 1.29 is 0 Å². The number of anilines is 4. The number of hydrogen-bond acceptors (Lipinski definition) is 7. The molecule has 0 atom stereocenters. The van der Waals surface area contributed by atoms with Gasteiger partial charge in [0.05, 0.1) is 0 Å². The summed E-state index contributed by atoms with van der Waals surface area (Å²) in [6.45, 7) is 10.5. The van der Waals surface area contributed by atoms with Crippen LogP contribution in [0.2, 0.25) is 0 Å². The molecule has 1 aromatic carbocycles. The van der Waals surface area contributed by atoms with E-state index < -0.39 is 0 Å². The van der Waals surface area contributed by atoms with Gasteiger partial charge in [0, 0.05) is 62.6 Å². The van der Waals surface area contributed by atoms with Gasteiger partial charge in [-0.1, -0.05) is 12.1 Å². The first kappa shape index (κ1) is 19.1. The highest BCUT2D eigenvalue weighted by Gasteiger charge is 2.22. The summed E-state index contributed by atoms with van der Waals surface area (Å²) in [6.07, 6.45) is 3.57. The van der Waals surface area contributed by atoms with Crippen LogP contribution in [0.5, 0.6) is 0 Å². The van der Waals surface area contributed by atoms with Gasteiger partial charge in [0.2, 0.25) is 11.9 Å². The molecule has 150 valence electrons. The fourth-order valence-corrected chi connectivity index (χ4v) is 3.65. The summed E-state index contributed by atoms with van der Waals surface area (Å²) < 4.78 is 0. The second kappa shape index (κ2) is 8.43. The van der Waals surface area contributed by atoms with Crippen molar-refractivity contribution >= 4 is 23.4 Å². The molecule has 0 radical (unpaired) electrons. The minimum Gasteiger partial charge on any atom is -0.337 e. The Balaban J connectivity index is 1.54. The normalized spacial score (nSPS) is 14.2. The van der Waals surface area contributed by atoms with E-state index in [1.54, 1.807) is 12.4 Å². The third kappa shape index (κ3) is 4.29. The van der Waals surface area contributed by atoms with Crippen LogP contribution in [0, 0.1) is 13.8 Å². The molecule has 2 aromatic heterocycles. The number of benzene rings is 1. The molecule has 3 heterocycles. The Bertz CT molecular complexity index is 952. The molecule has 1 aliphatic rings. The minimum absolute atomic E-state index is 0.787. The smallest absolute Gasteiger partial charge is 0.227 e. The predicted octanol–water partition coefficient (Wildman–Crippen LogP) is 3.37. The second-order valence-electron chi connectivity index (χ2n) is 7.27. The minimum atomic E-state index is 0.787. The maximum atomic E-state index is 4.92. The van der Waals surface area contributed by atoms with E-state index in [2.05, 4.69) is 68.8 Å². The second-order valence-corrected chi connectivity index (χ2v) is 7.27. The zero-order valence-electron chi connectivity index (χ0n) is 17.3. The van der Waals surface area contributed by atoms with Gasteiger partial charge < -0.3 is 14.7 Å². The molecule has 0 amide bonds. The van der Waals surface area contributed by atoms with E-state index in [0.717, 1.165) is 61.8 Å². The molecule has 0 spiro atoms. The third-order valence-corrected chi connectivity index (χ3v) is 5.13. The average molecular weight is 390 g/mol. The fraction of sp³-hybridized carbons (Fsp3) is 0.364. The van der Waals surface area contributed by atoms with Gasteiger partial charge in [0.15, 0.2) is 0 Å². The highest BCUT2D eigenvalue weighted by atomic mass is 15.4. The standard InChI is InChI=1S/C22H27N7/c1-4-29(19-8-5-7-17(2)15-19)20-16-18(3)25-22(26-20)28-13-11-27(12-14-28)21-23-9-6-10-24-21/h5-10,15-16H,4,11-14H2,1-3H3. The Labute approximate surface area is 172 Å². The quantitative estimate of drug-likeness (QED) is 0.663. The van der Waals surface area contributed by atoms with Gasteiger partial charge in [-0.2, -0.15) is 4.98 Å². The van der Waals surface area contributed by atoms with Crippen molar-refractivity contribution in [1.82, 2.24) is 19.9 Å². The maximum Gasteiger partial charge on any atom is 0.227 e. The number of hydrogen-bond donors (Lipinski definition) is 0. The zero-order chi connectivity index (χ0) is 20.2. The lowest BCUT2D eigenvalue weighted by atomic mass is 10.2. The van der Waals surface area contributed by atoms with Crippen LogP contribution in [0.4, 0.5) is 23.4 Å². The summed E-state index contributed by atoms with van der Waals surface area (Å²) in [5.41, 5.74) is 3.37. The molecular formula is C22H27N7. The Kier molecular flexibility index (Phi) is 5.55. The van der Waals surface area contributed by atoms with Gasteiger partial charge in [0.25, 0.3) is 0 Å². The summed E-state index contributed by atoms with van der Waals surface area (Å²) >= 11 is 0. The SMILES string of the molecule is CCN(c1cccc(C)c1)c1cc(C)nc(N2CCN(c3ncccn3)CC2)n1. The highest BCUT2D eigenvalue weighted by Crippen LogP contribution is 2.26. The summed E-state index contributed by atoms with van der Waals surface area (Å²) in [6, 6.07) is 12.4. The molecule has 0 saturated carbocycles. The van der Waals surface area contributed by atoms with E-state index in [0.29, 0.717) is 0 Å². The van der Waals surface area contributed by atoms with Crippen LogP contribution in [-0.4, -0.2) is 52.7 Å². The van der Waals surface area contributed by atoms with Crippen LogP contribution in [0.3, 0.4) is 0 Å². The maximum absolute atomic E-state index is 4.92. The molecule has 0 unspecified atom stereocenters. The van der Waals surface area contributed by atoms with Crippen molar-refractivity contribution in [3.05, 3.63) is 60.0 Å². The molecule has 1 saturated heterocycles. The largest absolute Gasteiger partial charge is 0.337 e. The van der Waals surface area contributed by atoms with Crippen LogP contribution >= 0.6 is 0 Å². The summed E-state index contributed by atoms with van der Waals surface area (Å²) in [5, 5.41) is 0. The Morgan fingerprint density at radius 1 is 0.862 bits per heavy atom. The van der Waals surface area contributed by atoms with E-state index in [4.69, 9.17) is 9.97 Å². The Morgan fingerprint density at radius 3 is 2.21 bits per heavy atom. The van der Waals surface area contributed by atoms with Crippen LogP contribution in [0.1, 0.15) is 18.2 Å². The first-order valence-corrected chi connectivity index (χ1v) is 10.1. The number of piperazine rings is 1. The topological polar surface area (TPSA) is 61.3 Å². The lowest BCUT2D eigenvalue weighted by molar-refractivity contribution is 0.627. The van der Waals surface area contributed by atoms with Gasteiger partial charge in [-0.15, -0.1) is 0 Å². The van der Waals surface area contributed by atoms with Gasteiger partial charge in [-0.3, -0.25) is 0 Å². The number of aromatic nitrogens is 4. The van der Waals surface area contributed by atoms with Crippen molar-refractivity contribution in [2.24, 2.45) is 0 Å². The van der Waals surface area contributed by atoms with Gasteiger partial charge in [-0.25, -0.2) is 15.0 Å². The molecule has 29 heavy (non-hydrogen) atoms.